The third kappa shape index (κ3) is 2.65. The summed E-state index contributed by atoms with van der Waals surface area (Å²) in [5, 5.41) is 14.5. The Morgan fingerprint density at radius 2 is 2.14 bits per heavy atom. The molecule has 0 aliphatic rings. The fraction of sp³-hybridized carbons (Fsp3) is 0.312. The minimum Gasteiger partial charge on any atom is -0.340 e. The molecule has 0 N–H and O–H groups in total. The van der Waals surface area contributed by atoms with Crippen molar-refractivity contribution in [3.8, 4) is 6.07 Å². The lowest BCUT2D eigenvalue weighted by molar-refractivity contribution is 0.462. The topological polar surface area (TPSA) is 59.4 Å². The number of hydrogen-bond donors (Lipinski definition) is 0. The standard InChI is InChI=1S/C16H17N5/c1-12(2)9-21-16(18-11-19-21)10-20-6-5-14-4-3-13(8-17)7-15(14)20/h3-7,11-12H,9-10H2,1-2H3. The van der Waals surface area contributed by atoms with Crippen molar-refractivity contribution in [2.45, 2.75) is 26.9 Å². The quantitative estimate of drug-likeness (QED) is 0.738. The molecule has 3 rings (SSSR count). The van der Waals surface area contributed by atoms with Crippen molar-refractivity contribution >= 4 is 10.9 Å². The fourth-order valence-electron chi connectivity index (χ4n) is 2.45. The first kappa shape index (κ1) is 13.4. The van der Waals surface area contributed by atoms with Gasteiger partial charge in [0.2, 0.25) is 0 Å². The molecule has 0 unspecified atom stereocenters. The van der Waals surface area contributed by atoms with E-state index in [4.69, 9.17) is 5.26 Å². The summed E-state index contributed by atoms with van der Waals surface area (Å²) in [6.07, 6.45) is 3.63. The molecule has 0 aliphatic carbocycles. The molecule has 5 nitrogen and oxygen atoms in total. The average Bonchev–Trinajstić information content (AvgIpc) is 3.06. The van der Waals surface area contributed by atoms with Crippen molar-refractivity contribution in [3.63, 3.8) is 0 Å². The van der Waals surface area contributed by atoms with Crippen molar-refractivity contribution in [2.24, 2.45) is 5.92 Å². The van der Waals surface area contributed by atoms with Crippen LogP contribution >= 0.6 is 0 Å². The van der Waals surface area contributed by atoms with Crippen molar-refractivity contribution in [3.05, 3.63) is 48.2 Å². The Balaban J connectivity index is 1.95. The van der Waals surface area contributed by atoms with E-state index in [1.807, 2.05) is 29.1 Å². The molecule has 0 fully saturated rings. The number of aromatic nitrogens is 4. The van der Waals surface area contributed by atoms with Gasteiger partial charge in [-0.25, -0.2) is 9.67 Å². The highest BCUT2D eigenvalue weighted by molar-refractivity contribution is 5.81. The Bertz CT molecular complexity index is 804. The van der Waals surface area contributed by atoms with E-state index >= 15 is 0 Å². The molecule has 0 saturated heterocycles. The minimum atomic E-state index is 0.525. The summed E-state index contributed by atoms with van der Waals surface area (Å²) in [6, 6.07) is 9.97. The molecule has 5 heteroatoms. The maximum absolute atomic E-state index is 9.04. The van der Waals surface area contributed by atoms with Gasteiger partial charge in [-0.15, -0.1) is 0 Å². The van der Waals surface area contributed by atoms with E-state index in [1.165, 1.54) is 0 Å². The predicted molar refractivity (Wildman–Crippen MR) is 80.6 cm³/mol. The molecule has 0 radical (unpaired) electrons. The van der Waals surface area contributed by atoms with Crippen LogP contribution in [0.15, 0.2) is 36.8 Å². The Labute approximate surface area is 123 Å². The smallest absolute Gasteiger partial charge is 0.146 e. The number of nitrogens with zero attached hydrogens (tertiary/aromatic N) is 5. The SMILES string of the molecule is CC(C)Cn1ncnc1Cn1ccc2ccc(C#N)cc21. The highest BCUT2D eigenvalue weighted by Crippen LogP contribution is 2.18. The van der Waals surface area contributed by atoms with Gasteiger partial charge in [-0.2, -0.15) is 10.4 Å². The third-order valence-electron chi connectivity index (χ3n) is 3.45. The van der Waals surface area contributed by atoms with Crippen LogP contribution in [0.1, 0.15) is 25.2 Å². The third-order valence-corrected chi connectivity index (χ3v) is 3.45. The molecular weight excluding hydrogens is 262 g/mol. The van der Waals surface area contributed by atoms with E-state index in [0.717, 1.165) is 23.3 Å². The second-order valence-electron chi connectivity index (χ2n) is 5.58. The van der Waals surface area contributed by atoms with Gasteiger partial charge in [-0.3, -0.25) is 0 Å². The van der Waals surface area contributed by atoms with Crippen molar-refractivity contribution in [1.82, 2.24) is 19.3 Å². The van der Waals surface area contributed by atoms with Crippen LogP contribution in [-0.2, 0) is 13.1 Å². The minimum absolute atomic E-state index is 0.525. The fourth-order valence-corrected chi connectivity index (χ4v) is 2.45. The molecule has 0 spiro atoms. The molecule has 2 aromatic heterocycles. The van der Waals surface area contributed by atoms with Crippen LogP contribution in [0.3, 0.4) is 0 Å². The summed E-state index contributed by atoms with van der Waals surface area (Å²) in [5.41, 5.74) is 1.72. The van der Waals surface area contributed by atoms with E-state index in [1.54, 1.807) is 6.33 Å². The number of rotatable bonds is 4. The summed E-state index contributed by atoms with van der Waals surface area (Å²) in [6.45, 7) is 5.84. The van der Waals surface area contributed by atoms with Crippen LogP contribution in [0, 0.1) is 17.2 Å². The van der Waals surface area contributed by atoms with E-state index in [-0.39, 0.29) is 0 Å². The molecule has 0 saturated carbocycles. The lowest BCUT2D eigenvalue weighted by Gasteiger charge is -2.10. The van der Waals surface area contributed by atoms with Crippen LogP contribution in [-0.4, -0.2) is 19.3 Å². The summed E-state index contributed by atoms with van der Waals surface area (Å²) < 4.78 is 4.06. The Hall–Kier alpha value is -2.61. The van der Waals surface area contributed by atoms with Crippen molar-refractivity contribution < 1.29 is 0 Å². The number of fused-ring (bicyclic) bond motifs is 1. The van der Waals surface area contributed by atoms with Gasteiger partial charge < -0.3 is 4.57 Å². The number of nitriles is 1. The Kier molecular flexibility index (Phi) is 3.44. The van der Waals surface area contributed by atoms with Crippen LogP contribution in [0.2, 0.25) is 0 Å². The zero-order chi connectivity index (χ0) is 14.8. The van der Waals surface area contributed by atoms with E-state index in [9.17, 15) is 0 Å². The van der Waals surface area contributed by atoms with Crippen LogP contribution < -0.4 is 0 Å². The van der Waals surface area contributed by atoms with Crippen molar-refractivity contribution in [2.75, 3.05) is 0 Å². The van der Waals surface area contributed by atoms with Crippen LogP contribution in [0.5, 0.6) is 0 Å². The molecule has 3 aromatic rings. The molecular formula is C16H17N5. The van der Waals surface area contributed by atoms with Gasteiger partial charge in [0.1, 0.15) is 12.2 Å². The van der Waals surface area contributed by atoms with E-state index < -0.39 is 0 Å². The lowest BCUT2D eigenvalue weighted by Crippen LogP contribution is -2.12. The highest BCUT2D eigenvalue weighted by atomic mass is 15.3. The van der Waals surface area contributed by atoms with Gasteiger partial charge in [0, 0.05) is 18.3 Å². The molecule has 0 amide bonds. The normalized spacial score (nSPS) is 11.1. The molecule has 0 bridgehead atoms. The summed E-state index contributed by atoms with van der Waals surface area (Å²) in [4.78, 5) is 4.36. The van der Waals surface area contributed by atoms with Crippen molar-refractivity contribution in [1.29, 1.82) is 5.26 Å². The van der Waals surface area contributed by atoms with Gasteiger partial charge >= 0.3 is 0 Å². The van der Waals surface area contributed by atoms with Gasteiger partial charge in [0.15, 0.2) is 0 Å². The first-order chi connectivity index (χ1) is 10.2. The van der Waals surface area contributed by atoms with Crippen LogP contribution in [0.25, 0.3) is 10.9 Å². The molecule has 2 heterocycles. The predicted octanol–water partition coefficient (Wildman–Crippen LogP) is 2.81. The second-order valence-corrected chi connectivity index (χ2v) is 5.58. The number of benzene rings is 1. The average molecular weight is 279 g/mol. The number of hydrogen-bond acceptors (Lipinski definition) is 3. The molecule has 1 aromatic carbocycles. The maximum atomic E-state index is 9.04. The van der Waals surface area contributed by atoms with E-state index in [2.05, 4.69) is 40.6 Å². The highest BCUT2D eigenvalue weighted by Gasteiger charge is 2.09. The molecule has 0 atom stereocenters. The molecule has 0 aliphatic heterocycles. The second kappa shape index (κ2) is 5.41. The largest absolute Gasteiger partial charge is 0.340 e. The zero-order valence-electron chi connectivity index (χ0n) is 12.2. The van der Waals surface area contributed by atoms with Gasteiger partial charge in [-0.1, -0.05) is 19.9 Å². The Morgan fingerprint density at radius 3 is 2.90 bits per heavy atom. The van der Waals surface area contributed by atoms with Crippen LogP contribution in [0.4, 0.5) is 0 Å². The first-order valence-corrected chi connectivity index (χ1v) is 7.03. The lowest BCUT2D eigenvalue weighted by atomic mass is 10.2. The van der Waals surface area contributed by atoms with Gasteiger partial charge in [0.25, 0.3) is 0 Å². The summed E-state index contributed by atoms with van der Waals surface area (Å²) in [7, 11) is 0. The first-order valence-electron chi connectivity index (χ1n) is 7.03. The van der Waals surface area contributed by atoms with Gasteiger partial charge in [-0.05, 0) is 29.5 Å². The van der Waals surface area contributed by atoms with Gasteiger partial charge in [0.05, 0.1) is 18.2 Å². The zero-order valence-corrected chi connectivity index (χ0v) is 12.2. The molecule has 21 heavy (non-hydrogen) atoms. The maximum Gasteiger partial charge on any atom is 0.146 e. The summed E-state index contributed by atoms with van der Waals surface area (Å²) >= 11 is 0. The molecule has 106 valence electrons. The van der Waals surface area contributed by atoms with E-state index in [0.29, 0.717) is 18.0 Å². The monoisotopic (exact) mass is 279 g/mol. The Morgan fingerprint density at radius 1 is 1.29 bits per heavy atom. The summed E-state index contributed by atoms with van der Waals surface area (Å²) in [5.74, 6) is 1.46.